The van der Waals surface area contributed by atoms with E-state index in [-0.39, 0.29) is 0 Å². The van der Waals surface area contributed by atoms with Crippen molar-refractivity contribution < 1.29 is 4.74 Å². The topological polar surface area (TPSA) is 15.7 Å². The second kappa shape index (κ2) is 5.47. The van der Waals surface area contributed by atoms with Crippen molar-refractivity contribution >= 4 is 24.0 Å². The third-order valence-corrected chi connectivity index (χ3v) is 4.49. The van der Waals surface area contributed by atoms with Gasteiger partial charge in [0.1, 0.15) is 6.73 Å². The van der Waals surface area contributed by atoms with Crippen LogP contribution < -0.4 is 0 Å². The van der Waals surface area contributed by atoms with Gasteiger partial charge in [0.05, 0.1) is 6.54 Å². The molecule has 0 aliphatic carbocycles. The van der Waals surface area contributed by atoms with Crippen molar-refractivity contribution in [2.75, 3.05) is 26.9 Å². The van der Waals surface area contributed by atoms with Crippen LogP contribution in [0.5, 0.6) is 0 Å². The van der Waals surface area contributed by atoms with Gasteiger partial charge in [0.15, 0.2) is 0 Å². The Labute approximate surface area is 102 Å². The van der Waals surface area contributed by atoms with Gasteiger partial charge in [-0.1, -0.05) is 35.6 Å². The van der Waals surface area contributed by atoms with Crippen LogP contribution in [-0.2, 0) is 4.74 Å². The van der Waals surface area contributed by atoms with Gasteiger partial charge >= 0.3 is 0 Å². The van der Waals surface area contributed by atoms with Gasteiger partial charge in [-0.2, -0.15) is 0 Å². The second-order valence-corrected chi connectivity index (χ2v) is 11.8. The first kappa shape index (κ1) is 13.2. The van der Waals surface area contributed by atoms with Crippen molar-refractivity contribution in [1.82, 2.24) is 10.0 Å². The molecule has 1 rings (SSSR count). The predicted octanol–water partition coefficient (Wildman–Crippen LogP) is 2.70. The fraction of sp³-hybridized carbons (Fsp3) is 0.800. The van der Waals surface area contributed by atoms with Crippen molar-refractivity contribution in [3.8, 4) is 0 Å². The molecule has 0 saturated heterocycles. The normalized spacial score (nSPS) is 18.5. The molecule has 0 aromatic rings. The van der Waals surface area contributed by atoms with E-state index in [0.29, 0.717) is 6.73 Å². The minimum atomic E-state index is -0.946. The van der Waals surface area contributed by atoms with Crippen molar-refractivity contribution in [1.29, 1.82) is 0 Å². The van der Waals surface area contributed by atoms with Crippen LogP contribution in [0.2, 0.25) is 25.7 Å². The van der Waals surface area contributed by atoms with Crippen LogP contribution in [0.4, 0.5) is 0 Å². The van der Waals surface area contributed by atoms with E-state index in [0.717, 1.165) is 13.2 Å². The zero-order chi connectivity index (χ0) is 11.5. The summed E-state index contributed by atoms with van der Waals surface area (Å²) in [6, 6.07) is 1.23. The summed E-state index contributed by atoms with van der Waals surface area (Å²) >= 11 is 3.49. The number of hydrazine groups is 1. The maximum Gasteiger partial charge on any atom is 0.132 e. The lowest BCUT2D eigenvalue weighted by Gasteiger charge is -2.25. The summed E-state index contributed by atoms with van der Waals surface area (Å²) in [4.78, 5) is 0. The Bertz CT molecular complexity index is 240. The van der Waals surface area contributed by atoms with Gasteiger partial charge in [-0.15, -0.1) is 0 Å². The molecule has 0 N–H and O–H groups in total. The molecule has 0 radical (unpaired) electrons. The van der Waals surface area contributed by atoms with Crippen LogP contribution in [0.25, 0.3) is 0 Å². The molecule has 15 heavy (non-hydrogen) atoms. The number of ether oxygens (including phenoxy) is 1. The summed E-state index contributed by atoms with van der Waals surface area (Å²) in [6.07, 6.45) is 2.08. The minimum Gasteiger partial charge on any atom is -0.360 e. The van der Waals surface area contributed by atoms with Crippen LogP contribution in [0.15, 0.2) is 10.7 Å². The molecule has 1 aliphatic heterocycles. The van der Waals surface area contributed by atoms with Gasteiger partial charge in [-0.3, -0.25) is 5.01 Å². The molecule has 0 aromatic carbocycles. The molecule has 5 heteroatoms. The Balaban J connectivity index is 2.16. The Hall–Kier alpha value is 0.157. The Kier molecular flexibility index (Phi) is 4.83. The standard InChI is InChI=1S/C10H21BrN2OSi/c1-12-7-10(11)8-13(12)9-14-5-6-15(2,3)4/h8H,5-7,9H2,1-4H3. The van der Waals surface area contributed by atoms with Crippen molar-refractivity contribution in [3.63, 3.8) is 0 Å². The Morgan fingerprint density at radius 1 is 1.47 bits per heavy atom. The monoisotopic (exact) mass is 292 g/mol. The van der Waals surface area contributed by atoms with Crippen molar-refractivity contribution in [3.05, 3.63) is 10.7 Å². The highest BCUT2D eigenvalue weighted by molar-refractivity contribution is 9.11. The highest BCUT2D eigenvalue weighted by atomic mass is 79.9. The van der Waals surface area contributed by atoms with Crippen molar-refractivity contribution in [2.45, 2.75) is 25.7 Å². The van der Waals surface area contributed by atoms with Crippen LogP contribution in [-0.4, -0.2) is 45.0 Å². The van der Waals surface area contributed by atoms with Gasteiger partial charge in [0, 0.05) is 32.4 Å². The van der Waals surface area contributed by atoms with E-state index in [2.05, 4.69) is 58.8 Å². The van der Waals surface area contributed by atoms with Gasteiger partial charge < -0.3 is 4.74 Å². The first-order chi connectivity index (χ1) is 6.88. The summed E-state index contributed by atoms with van der Waals surface area (Å²) in [5.41, 5.74) is 0. The van der Waals surface area contributed by atoms with E-state index in [1.54, 1.807) is 0 Å². The van der Waals surface area contributed by atoms with Crippen LogP contribution in [0, 0.1) is 0 Å². The van der Waals surface area contributed by atoms with Gasteiger partial charge in [-0.25, -0.2) is 5.01 Å². The molecule has 0 saturated carbocycles. The van der Waals surface area contributed by atoms with Gasteiger partial charge in [0.2, 0.25) is 0 Å². The Morgan fingerprint density at radius 2 is 2.13 bits per heavy atom. The van der Waals surface area contributed by atoms with E-state index in [1.165, 1.54) is 10.5 Å². The fourth-order valence-corrected chi connectivity index (χ4v) is 2.64. The molecule has 0 fully saturated rings. The molecular formula is C10H21BrN2OSi. The quantitative estimate of drug-likeness (QED) is 0.572. The van der Waals surface area contributed by atoms with E-state index < -0.39 is 8.07 Å². The van der Waals surface area contributed by atoms with Crippen LogP contribution in [0.3, 0.4) is 0 Å². The zero-order valence-corrected chi connectivity index (χ0v) is 12.7. The molecular weight excluding hydrogens is 272 g/mol. The number of hydrogen-bond acceptors (Lipinski definition) is 3. The Morgan fingerprint density at radius 3 is 2.60 bits per heavy atom. The first-order valence-electron chi connectivity index (χ1n) is 5.30. The summed E-state index contributed by atoms with van der Waals surface area (Å²) in [5, 5.41) is 4.23. The van der Waals surface area contributed by atoms with Crippen LogP contribution >= 0.6 is 15.9 Å². The first-order valence-corrected chi connectivity index (χ1v) is 9.80. The summed E-state index contributed by atoms with van der Waals surface area (Å²) in [5.74, 6) is 0. The molecule has 0 spiro atoms. The third kappa shape index (κ3) is 5.15. The average molecular weight is 293 g/mol. The summed E-state index contributed by atoms with van der Waals surface area (Å²) in [6.45, 7) is 9.59. The van der Waals surface area contributed by atoms with Crippen molar-refractivity contribution in [2.24, 2.45) is 0 Å². The number of rotatable bonds is 5. The molecule has 0 atom stereocenters. The summed E-state index contributed by atoms with van der Waals surface area (Å²) in [7, 11) is 1.12. The highest BCUT2D eigenvalue weighted by Gasteiger charge is 2.17. The smallest absolute Gasteiger partial charge is 0.132 e. The highest BCUT2D eigenvalue weighted by Crippen LogP contribution is 2.17. The molecule has 1 heterocycles. The lowest BCUT2D eigenvalue weighted by Crippen LogP contribution is -2.34. The number of halogens is 1. The largest absolute Gasteiger partial charge is 0.360 e. The number of nitrogens with zero attached hydrogens (tertiary/aromatic N) is 2. The predicted molar refractivity (Wildman–Crippen MR) is 70.5 cm³/mol. The van der Waals surface area contributed by atoms with E-state index in [1.807, 2.05) is 0 Å². The zero-order valence-electron chi connectivity index (χ0n) is 10.1. The lowest BCUT2D eigenvalue weighted by atomic mass is 10.6. The third-order valence-electron chi connectivity index (χ3n) is 2.33. The molecule has 3 nitrogen and oxygen atoms in total. The molecule has 1 aliphatic rings. The number of hydrogen-bond donors (Lipinski definition) is 0. The molecule has 88 valence electrons. The molecule has 0 amide bonds. The van der Waals surface area contributed by atoms with E-state index in [9.17, 15) is 0 Å². The van der Waals surface area contributed by atoms with Gasteiger partial charge in [-0.05, 0) is 6.04 Å². The maximum atomic E-state index is 5.67. The maximum absolute atomic E-state index is 5.67. The van der Waals surface area contributed by atoms with Crippen LogP contribution in [0.1, 0.15) is 0 Å². The van der Waals surface area contributed by atoms with E-state index >= 15 is 0 Å². The van der Waals surface area contributed by atoms with Gasteiger partial charge in [0.25, 0.3) is 0 Å². The lowest BCUT2D eigenvalue weighted by molar-refractivity contribution is -0.0367. The summed E-state index contributed by atoms with van der Waals surface area (Å²) < 4.78 is 6.87. The minimum absolute atomic E-state index is 0.663. The molecule has 0 bridgehead atoms. The fourth-order valence-electron chi connectivity index (χ4n) is 1.28. The molecule has 0 unspecified atom stereocenters. The van der Waals surface area contributed by atoms with E-state index in [4.69, 9.17) is 4.74 Å². The SMILES string of the molecule is CN1CC(Br)=CN1COCC[Si](C)(C)C. The molecule has 0 aromatic heterocycles. The number of likely N-dealkylation sites (N-methyl/N-ethyl adjacent to an activating group) is 1. The average Bonchev–Trinajstić information content (AvgIpc) is 2.37. The second-order valence-electron chi connectivity index (χ2n) is 5.18.